The lowest BCUT2D eigenvalue weighted by molar-refractivity contribution is 0.214. The molecule has 1 atom stereocenters. The fraction of sp³-hybridized carbons (Fsp3) is 0.100. The zero-order valence-electron chi connectivity index (χ0n) is 7.82. The van der Waals surface area contributed by atoms with Crippen LogP contribution < -0.4 is 0 Å². The smallest absolute Gasteiger partial charge is 0.133 e. The summed E-state index contributed by atoms with van der Waals surface area (Å²) in [5, 5.41) is 12.5. The van der Waals surface area contributed by atoms with Crippen molar-refractivity contribution in [2.45, 2.75) is 6.10 Å². The molecule has 1 N–H and O–H groups in total. The number of aromatic nitrogens is 1. The summed E-state index contributed by atoms with van der Waals surface area (Å²) in [5.41, 5.74) is 0.134. The summed E-state index contributed by atoms with van der Waals surface area (Å²) in [6, 6.07) is 4.06. The van der Waals surface area contributed by atoms with Crippen LogP contribution in [0.1, 0.15) is 16.7 Å². The second-order valence-corrected chi connectivity index (χ2v) is 5.22. The van der Waals surface area contributed by atoms with Crippen molar-refractivity contribution in [2.24, 2.45) is 0 Å². The van der Waals surface area contributed by atoms with E-state index in [1.165, 1.54) is 29.5 Å². The molecular weight excluding hydrogens is 317 g/mol. The van der Waals surface area contributed by atoms with Gasteiger partial charge in [0.15, 0.2) is 0 Å². The fourth-order valence-corrected chi connectivity index (χ4v) is 2.70. The first-order valence-electron chi connectivity index (χ1n) is 4.32. The molecule has 0 saturated heterocycles. The highest BCUT2D eigenvalue weighted by Gasteiger charge is 2.18. The monoisotopic (exact) mass is 321 g/mol. The van der Waals surface area contributed by atoms with E-state index in [4.69, 9.17) is 11.6 Å². The van der Waals surface area contributed by atoms with E-state index in [1.807, 2.05) is 0 Å². The maximum Gasteiger partial charge on any atom is 0.133 e. The molecule has 2 rings (SSSR count). The molecule has 0 aliphatic heterocycles. The van der Waals surface area contributed by atoms with Crippen molar-refractivity contribution in [1.29, 1.82) is 0 Å². The van der Waals surface area contributed by atoms with E-state index in [0.29, 0.717) is 14.6 Å². The van der Waals surface area contributed by atoms with Gasteiger partial charge in [-0.3, -0.25) is 0 Å². The number of rotatable bonds is 2. The minimum Gasteiger partial charge on any atom is -0.381 e. The van der Waals surface area contributed by atoms with Gasteiger partial charge in [0.2, 0.25) is 0 Å². The van der Waals surface area contributed by atoms with Gasteiger partial charge in [0.1, 0.15) is 21.5 Å². The van der Waals surface area contributed by atoms with E-state index in [9.17, 15) is 9.50 Å². The normalized spacial score (nSPS) is 12.8. The maximum atomic E-state index is 13.5. The highest BCUT2D eigenvalue weighted by molar-refractivity contribution is 9.10. The number of aliphatic hydroxyl groups excluding tert-OH is 1. The van der Waals surface area contributed by atoms with Crippen LogP contribution in [-0.2, 0) is 0 Å². The number of benzene rings is 1. The molecule has 0 radical (unpaired) electrons. The quantitative estimate of drug-likeness (QED) is 0.913. The standard InChI is InChI=1S/C10H6BrClFNOS/c11-8-4-16-10(14-8)9(15)6-3-5(12)1-2-7(6)13/h1-4,9,15H. The first kappa shape index (κ1) is 12.0. The van der Waals surface area contributed by atoms with E-state index in [-0.39, 0.29) is 5.56 Å². The molecular formula is C10H6BrClFNOS. The molecule has 2 nitrogen and oxygen atoms in total. The molecule has 0 amide bonds. The van der Waals surface area contributed by atoms with Crippen LogP contribution in [0.2, 0.25) is 5.02 Å². The van der Waals surface area contributed by atoms with Gasteiger partial charge in [-0.25, -0.2) is 9.37 Å². The molecule has 0 spiro atoms. The Bertz CT molecular complexity index is 519. The van der Waals surface area contributed by atoms with Crippen molar-refractivity contribution in [3.05, 3.63) is 49.6 Å². The molecule has 0 aliphatic carbocycles. The van der Waals surface area contributed by atoms with Gasteiger partial charge in [-0.05, 0) is 34.1 Å². The Kier molecular flexibility index (Phi) is 3.59. The van der Waals surface area contributed by atoms with Crippen LogP contribution in [0.4, 0.5) is 4.39 Å². The first-order chi connectivity index (χ1) is 7.58. The van der Waals surface area contributed by atoms with Crippen LogP contribution in [0.5, 0.6) is 0 Å². The number of hydrogen-bond donors (Lipinski definition) is 1. The third kappa shape index (κ3) is 2.43. The number of aliphatic hydroxyl groups is 1. The van der Waals surface area contributed by atoms with Gasteiger partial charge in [0, 0.05) is 16.0 Å². The molecule has 6 heteroatoms. The molecule has 84 valence electrons. The van der Waals surface area contributed by atoms with Crippen LogP contribution in [0.15, 0.2) is 28.2 Å². The van der Waals surface area contributed by atoms with Gasteiger partial charge in [-0.2, -0.15) is 0 Å². The van der Waals surface area contributed by atoms with Crippen LogP contribution in [-0.4, -0.2) is 10.1 Å². The summed E-state index contributed by atoms with van der Waals surface area (Å²) in [5.74, 6) is -0.497. The topological polar surface area (TPSA) is 33.1 Å². The Hall–Kier alpha value is -0.490. The highest BCUT2D eigenvalue weighted by atomic mass is 79.9. The largest absolute Gasteiger partial charge is 0.381 e. The lowest BCUT2D eigenvalue weighted by atomic mass is 10.1. The van der Waals surface area contributed by atoms with Gasteiger partial charge >= 0.3 is 0 Å². The molecule has 1 aromatic heterocycles. The summed E-state index contributed by atoms with van der Waals surface area (Å²) in [7, 11) is 0. The fourth-order valence-electron chi connectivity index (χ4n) is 1.25. The van der Waals surface area contributed by atoms with E-state index in [1.54, 1.807) is 5.38 Å². The zero-order chi connectivity index (χ0) is 11.7. The van der Waals surface area contributed by atoms with Crippen LogP contribution in [0, 0.1) is 5.82 Å². The predicted molar refractivity (Wildman–Crippen MR) is 65.3 cm³/mol. The summed E-state index contributed by atoms with van der Waals surface area (Å²) in [4.78, 5) is 4.03. The van der Waals surface area contributed by atoms with E-state index >= 15 is 0 Å². The Morgan fingerprint density at radius 3 is 2.88 bits per heavy atom. The Morgan fingerprint density at radius 2 is 2.25 bits per heavy atom. The van der Waals surface area contributed by atoms with Crippen molar-refractivity contribution >= 4 is 38.9 Å². The average Bonchev–Trinajstić information content (AvgIpc) is 2.67. The highest BCUT2D eigenvalue weighted by Crippen LogP contribution is 2.29. The van der Waals surface area contributed by atoms with Crippen LogP contribution in [0.25, 0.3) is 0 Å². The Morgan fingerprint density at radius 1 is 1.50 bits per heavy atom. The third-order valence-corrected chi connectivity index (χ3v) is 3.82. The SMILES string of the molecule is OC(c1nc(Br)cs1)c1cc(Cl)ccc1F. The number of hydrogen-bond acceptors (Lipinski definition) is 3. The third-order valence-electron chi connectivity index (χ3n) is 1.98. The average molecular weight is 323 g/mol. The Labute approximate surface area is 109 Å². The molecule has 1 aromatic carbocycles. The van der Waals surface area contributed by atoms with Crippen molar-refractivity contribution in [1.82, 2.24) is 4.98 Å². The summed E-state index contributed by atoms with van der Waals surface area (Å²) < 4.78 is 14.1. The predicted octanol–water partition coefficient (Wildman–Crippen LogP) is 3.78. The number of thiazole rings is 1. The lowest BCUT2D eigenvalue weighted by Crippen LogP contribution is -2.02. The molecule has 2 aromatic rings. The summed E-state index contributed by atoms with van der Waals surface area (Å²) >= 11 is 10.2. The maximum absolute atomic E-state index is 13.5. The van der Waals surface area contributed by atoms with Gasteiger partial charge in [-0.15, -0.1) is 11.3 Å². The van der Waals surface area contributed by atoms with Crippen molar-refractivity contribution in [3.8, 4) is 0 Å². The minimum atomic E-state index is -1.09. The molecule has 0 bridgehead atoms. The Balaban J connectivity index is 2.40. The van der Waals surface area contributed by atoms with Crippen molar-refractivity contribution < 1.29 is 9.50 Å². The summed E-state index contributed by atoms with van der Waals surface area (Å²) in [6.45, 7) is 0. The molecule has 16 heavy (non-hydrogen) atoms. The molecule has 0 saturated carbocycles. The molecule has 0 fully saturated rings. The van der Waals surface area contributed by atoms with Crippen LogP contribution >= 0.6 is 38.9 Å². The van der Waals surface area contributed by atoms with Crippen molar-refractivity contribution in [2.75, 3.05) is 0 Å². The van der Waals surface area contributed by atoms with E-state index in [2.05, 4.69) is 20.9 Å². The van der Waals surface area contributed by atoms with Crippen LogP contribution in [0.3, 0.4) is 0 Å². The molecule has 1 unspecified atom stereocenters. The van der Waals surface area contributed by atoms with Gasteiger partial charge in [0.25, 0.3) is 0 Å². The van der Waals surface area contributed by atoms with Gasteiger partial charge in [0.05, 0.1) is 0 Å². The number of nitrogens with zero attached hydrogens (tertiary/aromatic N) is 1. The van der Waals surface area contributed by atoms with Crippen molar-refractivity contribution in [3.63, 3.8) is 0 Å². The minimum absolute atomic E-state index is 0.134. The number of halogens is 3. The molecule has 0 aliphatic rings. The van der Waals surface area contributed by atoms with Gasteiger partial charge < -0.3 is 5.11 Å². The first-order valence-corrected chi connectivity index (χ1v) is 6.37. The summed E-state index contributed by atoms with van der Waals surface area (Å²) in [6.07, 6.45) is -1.09. The van der Waals surface area contributed by atoms with Gasteiger partial charge in [-0.1, -0.05) is 11.6 Å². The second kappa shape index (κ2) is 4.79. The molecule has 1 heterocycles. The second-order valence-electron chi connectivity index (χ2n) is 3.08. The zero-order valence-corrected chi connectivity index (χ0v) is 11.0. The lowest BCUT2D eigenvalue weighted by Gasteiger charge is -2.09. The van der Waals surface area contributed by atoms with E-state index in [0.717, 1.165) is 0 Å². The van der Waals surface area contributed by atoms with E-state index < -0.39 is 11.9 Å².